The molecular formula is C23H36N6O3. The van der Waals surface area contributed by atoms with Crippen molar-refractivity contribution < 1.29 is 9.53 Å². The zero-order valence-electron chi connectivity index (χ0n) is 20.3. The summed E-state index contributed by atoms with van der Waals surface area (Å²) in [6.45, 7) is 16.9. The predicted octanol–water partition coefficient (Wildman–Crippen LogP) is 2.74. The van der Waals surface area contributed by atoms with E-state index in [4.69, 9.17) is 9.84 Å². The number of anilines is 2. The molecule has 1 aliphatic rings. The second-order valence-corrected chi connectivity index (χ2v) is 10.3. The number of hydrogen-bond acceptors (Lipinski definition) is 6. The first-order chi connectivity index (χ1) is 14.9. The minimum Gasteiger partial charge on any atom is -0.378 e. The van der Waals surface area contributed by atoms with E-state index >= 15 is 0 Å². The highest BCUT2D eigenvalue weighted by atomic mass is 16.5. The van der Waals surface area contributed by atoms with Gasteiger partial charge in [-0.2, -0.15) is 5.10 Å². The maximum absolute atomic E-state index is 12.8. The van der Waals surface area contributed by atoms with Gasteiger partial charge in [0.2, 0.25) is 11.9 Å². The fourth-order valence-corrected chi connectivity index (χ4v) is 3.61. The molecule has 1 amide bonds. The van der Waals surface area contributed by atoms with Crippen molar-refractivity contribution in [2.45, 2.75) is 72.3 Å². The van der Waals surface area contributed by atoms with Crippen molar-refractivity contribution in [1.82, 2.24) is 19.7 Å². The number of morpholine rings is 1. The van der Waals surface area contributed by atoms with Crippen LogP contribution in [0.5, 0.6) is 0 Å². The Labute approximate surface area is 189 Å². The first kappa shape index (κ1) is 24.0. The number of aryl methyl sites for hydroxylation is 1. The Bertz CT molecular complexity index is 1020. The summed E-state index contributed by atoms with van der Waals surface area (Å²) < 4.78 is 7.21. The molecule has 176 valence electrons. The van der Waals surface area contributed by atoms with E-state index in [1.54, 1.807) is 0 Å². The molecule has 2 aromatic rings. The SMILES string of the molecule is Cc1nc(N2CCOCC2)[nH]c(=O)c1CCC(=O)Nc1cc(C(C)(C)C)nn1C(C)(C)C. The third-order valence-electron chi connectivity index (χ3n) is 5.50. The first-order valence-corrected chi connectivity index (χ1v) is 11.2. The molecule has 3 rings (SSSR count). The molecule has 9 heteroatoms. The van der Waals surface area contributed by atoms with Crippen LogP contribution in [0.4, 0.5) is 11.8 Å². The Morgan fingerprint density at radius 2 is 1.84 bits per heavy atom. The lowest BCUT2D eigenvalue weighted by Crippen LogP contribution is -2.38. The number of carbonyl (C=O) groups is 1. The van der Waals surface area contributed by atoms with Crippen molar-refractivity contribution >= 4 is 17.7 Å². The monoisotopic (exact) mass is 444 g/mol. The number of nitrogens with one attached hydrogen (secondary N) is 2. The second kappa shape index (κ2) is 9.05. The quantitative estimate of drug-likeness (QED) is 0.735. The molecule has 2 aromatic heterocycles. The molecule has 0 saturated carbocycles. The van der Waals surface area contributed by atoms with Gasteiger partial charge in [0.05, 0.1) is 24.4 Å². The van der Waals surface area contributed by atoms with Crippen LogP contribution >= 0.6 is 0 Å². The summed E-state index contributed by atoms with van der Waals surface area (Å²) in [6.07, 6.45) is 0.502. The van der Waals surface area contributed by atoms with Crippen LogP contribution in [0.25, 0.3) is 0 Å². The summed E-state index contributed by atoms with van der Waals surface area (Å²) in [7, 11) is 0. The maximum atomic E-state index is 12.8. The van der Waals surface area contributed by atoms with Gasteiger partial charge in [0.25, 0.3) is 5.56 Å². The lowest BCUT2D eigenvalue weighted by molar-refractivity contribution is -0.116. The van der Waals surface area contributed by atoms with Crippen molar-refractivity contribution in [3.05, 3.63) is 33.4 Å². The summed E-state index contributed by atoms with van der Waals surface area (Å²) in [6, 6.07) is 1.93. The van der Waals surface area contributed by atoms with Gasteiger partial charge in [-0.25, -0.2) is 9.67 Å². The second-order valence-electron chi connectivity index (χ2n) is 10.3. The number of amides is 1. The van der Waals surface area contributed by atoms with Crippen molar-refractivity contribution in [2.24, 2.45) is 0 Å². The van der Waals surface area contributed by atoms with Crippen molar-refractivity contribution in [3.63, 3.8) is 0 Å². The highest BCUT2D eigenvalue weighted by molar-refractivity contribution is 5.90. The van der Waals surface area contributed by atoms with Gasteiger partial charge in [-0.05, 0) is 34.1 Å². The first-order valence-electron chi connectivity index (χ1n) is 11.2. The number of carbonyl (C=O) groups excluding carboxylic acids is 1. The van der Waals surface area contributed by atoms with Crippen molar-refractivity contribution in [3.8, 4) is 0 Å². The number of ether oxygens (including phenoxy) is 1. The molecule has 0 aromatic carbocycles. The highest BCUT2D eigenvalue weighted by Crippen LogP contribution is 2.28. The van der Waals surface area contributed by atoms with Crippen LogP contribution < -0.4 is 15.8 Å². The molecule has 2 N–H and O–H groups in total. The third-order valence-corrected chi connectivity index (χ3v) is 5.50. The van der Waals surface area contributed by atoms with E-state index in [-0.39, 0.29) is 28.8 Å². The van der Waals surface area contributed by atoms with E-state index in [1.165, 1.54) is 0 Å². The summed E-state index contributed by atoms with van der Waals surface area (Å²) in [4.78, 5) is 34.9. The number of rotatable bonds is 5. The van der Waals surface area contributed by atoms with Crippen LogP contribution in [0.2, 0.25) is 0 Å². The van der Waals surface area contributed by atoms with Crippen molar-refractivity contribution in [1.29, 1.82) is 0 Å². The molecule has 1 saturated heterocycles. The molecule has 0 spiro atoms. The molecule has 0 atom stereocenters. The summed E-state index contributed by atoms with van der Waals surface area (Å²) in [5, 5.41) is 7.72. The topological polar surface area (TPSA) is 105 Å². The molecule has 9 nitrogen and oxygen atoms in total. The Kier molecular flexibility index (Phi) is 6.78. The molecule has 1 fully saturated rings. The minimum atomic E-state index is -0.279. The normalized spacial score (nSPS) is 15.2. The van der Waals surface area contributed by atoms with Crippen LogP contribution in [0.1, 0.15) is 64.9 Å². The molecule has 32 heavy (non-hydrogen) atoms. The highest BCUT2D eigenvalue weighted by Gasteiger charge is 2.26. The predicted molar refractivity (Wildman–Crippen MR) is 126 cm³/mol. The Hall–Kier alpha value is -2.68. The third kappa shape index (κ3) is 5.56. The minimum absolute atomic E-state index is 0.131. The number of nitrogens with zero attached hydrogens (tertiary/aromatic N) is 4. The molecule has 3 heterocycles. The van der Waals surface area contributed by atoms with Crippen LogP contribution in [-0.2, 0) is 26.9 Å². The van der Waals surface area contributed by atoms with Gasteiger partial charge < -0.3 is 15.0 Å². The fraction of sp³-hybridized carbons (Fsp3) is 0.652. The van der Waals surface area contributed by atoms with Gasteiger partial charge in [0.15, 0.2) is 0 Å². The van der Waals surface area contributed by atoms with Crippen LogP contribution in [-0.4, -0.2) is 52.0 Å². The standard InChI is InChI=1S/C23H36N6O3/c1-15-16(20(31)26-21(24-15)28-10-12-32-13-11-28)8-9-19(30)25-18-14-17(22(2,3)4)27-29(18)23(5,6)7/h14H,8-13H2,1-7H3,(H,25,30)(H,24,26,31). The fourth-order valence-electron chi connectivity index (χ4n) is 3.61. The molecule has 0 unspecified atom stereocenters. The molecular weight excluding hydrogens is 408 g/mol. The van der Waals surface area contributed by atoms with Gasteiger partial charge in [0, 0.05) is 42.2 Å². The van der Waals surface area contributed by atoms with Gasteiger partial charge >= 0.3 is 0 Å². The summed E-state index contributed by atoms with van der Waals surface area (Å²) in [5.41, 5.74) is 1.50. The lowest BCUT2D eigenvalue weighted by atomic mass is 9.92. The average Bonchev–Trinajstić information content (AvgIpc) is 3.12. The number of aromatic amines is 1. The molecule has 0 aliphatic carbocycles. The van der Waals surface area contributed by atoms with E-state index in [9.17, 15) is 9.59 Å². The van der Waals surface area contributed by atoms with E-state index in [1.807, 2.05) is 43.3 Å². The summed E-state index contributed by atoms with van der Waals surface area (Å²) in [5.74, 6) is 1.07. The number of H-pyrrole nitrogens is 1. The lowest BCUT2D eigenvalue weighted by Gasteiger charge is -2.27. The van der Waals surface area contributed by atoms with Crippen LogP contribution in [0.3, 0.4) is 0 Å². The van der Waals surface area contributed by atoms with E-state index in [0.717, 1.165) is 5.69 Å². The zero-order valence-corrected chi connectivity index (χ0v) is 20.3. The molecule has 0 bridgehead atoms. The largest absolute Gasteiger partial charge is 0.378 e. The van der Waals surface area contributed by atoms with Crippen LogP contribution in [0.15, 0.2) is 10.9 Å². The number of hydrogen-bond donors (Lipinski definition) is 2. The Balaban J connectivity index is 1.71. The summed E-state index contributed by atoms with van der Waals surface area (Å²) >= 11 is 0. The van der Waals surface area contributed by atoms with Crippen LogP contribution in [0, 0.1) is 6.92 Å². The number of aromatic nitrogens is 4. The average molecular weight is 445 g/mol. The smallest absolute Gasteiger partial charge is 0.255 e. The Morgan fingerprint density at radius 1 is 1.19 bits per heavy atom. The van der Waals surface area contributed by atoms with Gasteiger partial charge in [-0.15, -0.1) is 0 Å². The molecule has 1 aliphatic heterocycles. The maximum Gasteiger partial charge on any atom is 0.255 e. The van der Waals surface area contributed by atoms with Crippen molar-refractivity contribution in [2.75, 3.05) is 36.5 Å². The Morgan fingerprint density at radius 3 is 2.41 bits per heavy atom. The zero-order chi connectivity index (χ0) is 23.7. The molecule has 0 radical (unpaired) electrons. The van der Waals surface area contributed by atoms with E-state index in [2.05, 4.69) is 36.1 Å². The van der Waals surface area contributed by atoms with E-state index in [0.29, 0.717) is 55.7 Å². The van der Waals surface area contributed by atoms with E-state index < -0.39 is 0 Å². The van der Waals surface area contributed by atoms with Gasteiger partial charge in [0.1, 0.15) is 5.82 Å². The van der Waals surface area contributed by atoms with Gasteiger partial charge in [-0.3, -0.25) is 14.6 Å². The van der Waals surface area contributed by atoms with Gasteiger partial charge in [-0.1, -0.05) is 20.8 Å².